The summed E-state index contributed by atoms with van der Waals surface area (Å²) in [7, 11) is -9.81. The summed E-state index contributed by atoms with van der Waals surface area (Å²) in [6.07, 6.45) is -2.24. The van der Waals surface area contributed by atoms with Gasteiger partial charge in [-0.1, -0.05) is 0 Å². The minimum Gasteiger partial charge on any atom is -0.748 e. The van der Waals surface area contributed by atoms with E-state index >= 15 is 0 Å². The molecule has 0 aromatic heterocycles. The molecular formula is C7H8Li2O9S2. The monoisotopic (exact) mass is 314 g/mol. The third kappa shape index (κ3) is 5.17. The zero-order valence-corrected chi connectivity index (χ0v) is 12.5. The van der Waals surface area contributed by atoms with Crippen molar-refractivity contribution in [1.29, 1.82) is 0 Å². The van der Waals surface area contributed by atoms with Gasteiger partial charge in [0.2, 0.25) is 0 Å². The summed E-state index contributed by atoms with van der Waals surface area (Å²) in [5, 5.41) is 0. The Kier molecular flexibility index (Phi) is 8.33. The summed E-state index contributed by atoms with van der Waals surface area (Å²) in [4.78, 5) is 22.1. The Hall–Kier alpha value is 0.155. The van der Waals surface area contributed by atoms with Crippen LogP contribution >= 0.6 is 0 Å². The number of carbonyl (C=O) groups is 2. The van der Waals surface area contributed by atoms with E-state index in [0.29, 0.717) is 0 Å². The number of hydrogen-bond donors (Lipinski definition) is 0. The van der Waals surface area contributed by atoms with E-state index in [-0.39, 0.29) is 37.7 Å². The molecular weight excluding hydrogens is 306 g/mol. The van der Waals surface area contributed by atoms with Gasteiger partial charge in [0.05, 0.1) is 16.5 Å². The van der Waals surface area contributed by atoms with Gasteiger partial charge in [-0.25, -0.2) is 21.6 Å². The molecule has 1 heterocycles. The molecule has 20 heavy (non-hydrogen) atoms. The average molecular weight is 314 g/mol. The second-order valence-electron chi connectivity index (χ2n) is 3.75. The minimum atomic E-state index is -5.21. The fraction of sp³-hybridized carbons (Fsp3) is 0.714. The summed E-state index contributed by atoms with van der Waals surface area (Å²) in [5.41, 5.74) is 0. The average Bonchev–Trinajstić information content (AvgIpc) is 2.39. The first-order valence-corrected chi connectivity index (χ1v) is 7.61. The first-order chi connectivity index (χ1) is 7.98. The summed E-state index contributed by atoms with van der Waals surface area (Å²) >= 11 is 0. The number of cyclic esters (lactones) is 2. The molecule has 1 aliphatic rings. The fourth-order valence-corrected chi connectivity index (χ4v) is 3.01. The third-order valence-corrected chi connectivity index (χ3v) is 4.72. The van der Waals surface area contributed by atoms with E-state index in [2.05, 4.69) is 4.74 Å². The van der Waals surface area contributed by atoms with Gasteiger partial charge >= 0.3 is 49.7 Å². The summed E-state index contributed by atoms with van der Waals surface area (Å²) in [6.45, 7) is 0. The molecule has 1 unspecified atom stereocenters. The second-order valence-corrected chi connectivity index (χ2v) is 6.97. The molecule has 1 aliphatic heterocycles. The molecule has 0 bridgehead atoms. The zero-order chi connectivity index (χ0) is 14.2. The van der Waals surface area contributed by atoms with Crippen LogP contribution in [-0.4, -0.2) is 48.4 Å². The van der Waals surface area contributed by atoms with Crippen molar-refractivity contribution in [2.24, 2.45) is 0 Å². The van der Waals surface area contributed by atoms with Crippen LogP contribution in [0.5, 0.6) is 0 Å². The first kappa shape index (κ1) is 22.4. The largest absolute Gasteiger partial charge is 1.00 e. The van der Waals surface area contributed by atoms with Gasteiger partial charge in [-0.05, 0) is 12.8 Å². The Bertz CT molecular complexity index is 581. The Morgan fingerprint density at radius 2 is 1.60 bits per heavy atom. The van der Waals surface area contributed by atoms with Crippen molar-refractivity contribution in [1.82, 2.24) is 0 Å². The molecule has 0 amide bonds. The van der Waals surface area contributed by atoms with Crippen molar-refractivity contribution in [3.8, 4) is 0 Å². The summed E-state index contributed by atoms with van der Waals surface area (Å²) < 4.78 is 65.5. The van der Waals surface area contributed by atoms with Crippen molar-refractivity contribution in [2.45, 2.75) is 24.0 Å². The van der Waals surface area contributed by atoms with Crippen molar-refractivity contribution >= 4 is 32.2 Å². The molecule has 1 atom stereocenters. The van der Waals surface area contributed by atoms with Crippen LogP contribution in [0.4, 0.5) is 0 Å². The zero-order valence-electron chi connectivity index (χ0n) is 10.8. The van der Waals surface area contributed by atoms with Gasteiger partial charge in [0.15, 0.2) is 4.75 Å². The molecule has 0 aromatic rings. The molecule has 0 radical (unpaired) electrons. The van der Waals surface area contributed by atoms with Crippen LogP contribution in [0.2, 0.25) is 0 Å². The maximum atomic E-state index is 11.3. The van der Waals surface area contributed by atoms with Gasteiger partial charge in [-0.3, -0.25) is 4.79 Å². The molecule has 0 aliphatic carbocycles. The predicted molar refractivity (Wildman–Crippen MR) is 51.9 cm³/mol. The SMILES string of the molecule is O=C1CC(CCCS(=O)(=O)[O-])(S(=O)(=O)[O-])C(=O)O1.[Li+].[Li+]. The standard InChI is InChI=1S/C7H10O9S2.2Li/c8-5-4-7(6(9)16-5,18(13,14)15)2-1-3-17(10,11)12;;/h1-4H2,(H,10,11,12)(H,13,14,15);;/q;2*+1/p-2. The smallest absolute Gasteiger partial charge is 0.748 e. The van der Waals surface area contributed by atoms with Crippen molar-refractivity contribution in [2.75, 3.05) is 5.75 Å². The third-order valence-electron chi connectivity index (χ3n) is 2.46. The molecule has 0 aromatic carbocycles. The Balaban J connectivity index is 0. The van der Waals surface area contributed by atoms with Gasteiger partial charge in [0.1, 0.15) is 10.1 Å². The van der Waals surface area contributed by atoms with Gasteiger partial charge in [0.25, 0.3) is 0 Å². The maximum Gasteiger partial charge on any atom is 1.00 e. The molecule has 104 valence electrons. The van der Waals surface area contributed by atoms with Gasteiger partial charge in [-0.15, -0.1) is 0 Å². The van der Waals surface area contributed by atoms with Gasteiger partial charge in [0, 0.05) is 5.75 Å². The van der Waals surface area contributed by atoms with Crippen LogP contribution in [0.25, 0.3) is 0 Å². The van der Waals surface area contributed by atoms with E-state index in [1.165, 1.54) is 0 Å². The first-order valence-electron chi connectivity index (χ1n) is 4.62. The van der Waals surface area contributed by atoms with E-state index in [1.807, 2.05) is 0 Å². The van der Waals surface area contributed by atoms with Crippen molar-refractivity contribution in [3.05, 3.63) is 0 Å². The van der Waals surface area contributed by atoms with Crippen LogP contribution in [0.1, 0.15) is 19.3 Å². The van der Waals surface area contributed by atoms with E-state index < -0.39 is 61.9 Å². The quantitative estimate of drug-likeness (QED) is 0.208. The Morgan fingerprint density at radius 3 is 1.90 bits per heavy atom. The Morgan fingerprint density at radius 1 is 1.10 bits per heavy atom. The number of esters is 2. The molecule has 0 spiro atoms. The summed E-state index contributed by atoms with van der Waals surface area (Å²) in [5.74, 6) is -3.64. The van der Waals surface area contributed by atoms with Crippen LogP contribution in [0.15, 0.2) is 0 Å². The molecule has 0 N–H and O–H groups in total. The topological polar surface area (TPSA) is 158 Å². The molecule has 1 rings (SSSR count). The molecule has 0 saturated carbocycles. The maximum absolute atomic E-state index is 11.3. The van der Waals surface area contributed by atoms with E-state index in [1.54, 1.807) is 0 Å². The molecule has 9 nitrogen and oxygen atoms in total. The molecule has 1 saturated heterocycles. The number of rotatable bonds is 5. The Labute approximate surface area is 139 Å². The van der Waals surface area contributed by atoms with E-state index in [4.69, 9.17) is 0 Å². The number of carbonyl (C=O) groups excluding carboxylic acids is 2. The van der Waals surface area contributed by atoms with Crippen molar-refractivity contribution in [3.63, 3.8) is 0 Å². The van der Waals surface area contributed by atoms with Crippen LogP contribution in [-0.2, 0) is 34.6 Å². The van der Waals surface area contributed by atoms with Crippen LogP contribution < -0.4 is 37.7 Å². The van der Waals surface area contributed by atoms with Gasteiger partial charge < -0.3 is 13.8 Å². The predicted octanol–water partition coefficient (Wildman–Crippen LogP) is -7.92. The van der Waals surface area contributed by atoms with Crippen molar-refractivity contribution < 1.29 is 78.0 Å². The van der Waals surface area contributed by atoms with E-state index in [0.717, 1.165) is 0 Å². The fourth-order valence-electron chi connectivity index (χ4n) is 1.58. The summed E-state index contributed by atoms with van der Waals surface area (Å²) in [6, 6.07) is 0. The normalized spacial score (nSPS) is 22.7. The van der Waals surface area contributed by atoms with Crippen LogP contribution in [0.3, 0.4) is 0 Å². The van der Waals surface area contributed by atoms with Crippen LogP contribution in [0, 0.1) is 0 Å². The number of ether oxygens (including phenoxy) is 1. The number of hydrogen-bond acceptors (Lipinski definition) is 9. The van der Waals surface area contributed by atoms with E-state index in [9.17, 15) is 35.5 Å². The molecule has 1 fully saturated rings. The van der Waals surface area contributed by atoms with Gasteiger partial charge in [-0.2, -0.15) is 0 Å². The minimum absolute atomic E-state index is 0. The second kappa shape index (κ2) is 7.43. The molecule has 13 heteroatoms.